The Morgan fingerprint density at radius 1 is 1.41 bits per heavy atom. The van der Waals surface area contributed by atoms with Crippen molar-refractivity contribution in [2.75, 3.05) is 31.6 Å². The lowest BCUT2D eigenvalue weighted by Gasteiger charge is -2.20. The van der Waals surface area contributed by atoms with Gasteiger partial charge in [0.1, 0.15) is 0 Å². The van der Waals surface area contributed by atoms with Crippen LogP contribution in [0.5, 0.6) is 0 Å². The molecule has 2 heterocycles. The van der Waals surface area contributed by atoms with Crippen LogP contribution < -0.4 is 15.5 Å². The summed E-state index contributed by atoms with van der Waals surface area (Å²) >= 11 is 7.08. The van der Waals surface area contributed by atoms with E-state index in [0.29, 0.717) is 29.0 Å². The van der Waals surface area contributed by atoms with Crippen molar-refractivity contribution in [1.82, 2.24) is 15.6 Å². The SMILES string of the molecule is CN=C(NCCc1nc(C(F)(F)F)cs1)NC1CCN(c2cccc(Cl)c2)C1.I. The summed E-state index contributed by atoms with van der Waals surface area (Å²) in [6, 6.07) is 7.98. The fourth-order valence-electron chi connectivity index (χ4n) is 3.02. The van der Waals surface area contributed by atoms with Crippen molar-refractivity contribution < 1.29 is 13.2 Å². The minimum Gasteiger partial charge on any atom is -0.369 e. The quantitative estimate of drug-likeness (QED) is 0.324. The summed E-state index contributed by atoms with van der Waals surface area (Å²) in [6.45, 7) is 2.19. The van der Waals surface area contributed by atoms with Gasteiger partial charge >= 0.3 is 6.18 Å². The Morgan fingerprint density at radius 2 is 2.21 bits per heavy atom. The first-order chi connectivity index (χ1) is 13.3. The molecule has 1 fully saturated rings. The van der Waals surface area contributed by atoms with Crippen molar-refractivity contribution in [3.63, 3.8) is 0 Å². The van der Waals surface area contributed by atoms with Crippen molar-refractivity contribution in [2.45, 2.75) is 25.1 Å². The van der Waals surface area contributed by atoms with Gasteiger partial charge in [-0.15, -0.1) is 35.3 Å². The van der Waals surface area contributed by atoms with Crippen LogP contribution in [0.2, 0.25) is 5.02 Å². The number of rotatable bonds is 5. The topological polar surface area (TPSA) is 52.6 Å². The summed E-state index contributed by atoms with van der Waals surface area (Å²) in [7, 11) is 1.67. The van der Waals surface area contributed by atoms with Gasteiger partial charge in [0, 0.05) is 55.2 Å². The molecule has 0 saturated carbocycles. The van der Waals surface area contributed by atoms with E-state index >= 15 is 0 Å². The largest absolute Gasteiger partial charge is 0.434 e. The number of nitrogens with one attached hydrogen (secondary N) is 2. The van der Waals surface area contributed by atoms with Gasteiger partial charge in [-0.2, -0.15) is 13.2 Å². The maximum Gasteiger partial charge on any atom is 0.434 e. The Hall–Kier alpha value is -1.27. The number of alkyl halides is 3. The van der Waals surface area contributed by atoms with E-state index in [-0.39, 0.29) is 30.0 Å². The van der Waals surface area contributed by atoms with Crippen molar-refractivity contribution in [3.05, 3.63) is 45.4 Å². The van der Waals surface area contributed by atoms with Crippen LogP contribution in [-0.2, 0) is 12.6 Å². The van der Waals surface area contributed by atoms with Crippen LogP contribution in [0.4, 0.5) is 18.9 Å². The summed E-state index contributed by atoms with van der Waals surface area (Å²) in [5.74, 6) is 0.630. The Labute approximate surface area is 193 Å². The maximum atomic E-state index is 12.6. The number of thiazole rings is 1. The zero-order valence-corrected chi connectivity index (χ0v) is 19.6. The number of nitrogens with zero attached hydrogens (tertiary/aromatic N) is 3. The zero-order chi connectivity index (χ0) is 20.1. The molecule has 2 aromatic rings. The molecule has 1 saturated heterocycles. The monoisotopic (exact) mass is 559 g/mol. The molecule has 0 aliphatic carbocycles. The van der Waals surface area contributed by atoms with E-state index in [2.05, 4.69) is 25.5 Å². The number of benzene rings is 1. The smallest absolute Gasteiger partial charge is 0.369 e. The first kappa shape index (κ1) is 24.0. The van der Waals surface area contributed by atoms with Gasteiger partial charge in [0.15, 0.2) is 11.7 Å². The van der Waals surface area contributed by atoms with Gasteiger partial charge in [-0.25, -0.2) is 4.98 Å². The minimum atomic E-state index is -4.39. The zero-order valence-electron chi connectivity index (χ0n) is 15.7. The van der Waals surface area contributed by atoms with Gasteiger partial charge in [0.05, 0.1) is 5.01 Å². The lowest BCUT2D eigenvalue weighted by atomic mass is 10.2. The molecule has 1 aliphatic heterocycles. The van der Waals surface area contributed by atoms with Crippen LogP contribution in [0.3, 0.4) is 0 Å². The highest BCUT2D eigenvalue weighted by Crippen LogP contribution is 2.30. The van der Waals surface area contributed by atoms with Crippen LogP contribution >= 0.6 is 46.9 Å². The van der Waals surface area contributed by atoms with E-state index in [1.807, 2.05) is 24.3 Å². The Bertz CT molecular complexity index is 830. The molecule has 1 aromatic carbocycles. The summed E-state index contributed by atoms with van der Waals surface area (Å²) in [5, 5.41) is 8.71. The van der Waals surface area contributed by atoms with E-state index in [9.17, 15) is 13.2 Å². The fourth-order valence-corrected chi connectivity index (χ4v) is 4.01. The third kappa shape index (κ3) is 6.88. The van der Waals surface area contributed by atoms with Crippen LogP contribution in [-0.4, -0.2) is 43.7 Å². The number of aromatic nitrogens is 1. The number of guanidine groups is 1. The molecule has 11 heteroatoms. The van der Waals surface area contributed by atoms with Gasteiger partial charge < -0.3 is 15.5 Å². The Kier molecular flexibility index (Phi) is 8.83. The van der Waals surface area contributed by atoms with E-state index in [1.54, 1.807) is 7.05 Å². The average Bonchev–Trinajstić information content (AvgIpc) is 3.30. The van der Waals surface area contributed by atoms with Crippen LogP contribution in [0, 0.1) is 0 Å². The normalized spacial score (nSPS) is 17.2. The highest BCUT2D eigenvalue weighted by Gasteiger charge is 2.33. The van der Waals surface area contributed by atoms with Crippen molar-refractivity contribution in [1.29, 1.82) is 0 Å². The first-order valence-electron chi connectivity index (χ1n) is 8.84. The van der Waals surface area contributed by atoms with Crippen LogP contribution in [0.25, 0.3) is 0 Å². The molecule has 160 valence electrons. The second kappa shape index (κ2) is 10.7. The van der Waals surface area contributed by atoms with Gasteiger partial charge in [-0.3, -0.25) is 4.99 Å². The van der Waals surface area contributed by atoms with Crippen molar-refractivity contribution in [3.8, 4) is 0 Å². The molecule has 2 N–H and O–H groups in total. The molecular formula is C18H22ClF3IN5S. The number of anilines is 1. The number of aliphatic imine (C=N–C) groups is 1. The summed E-state index contributed by atoms with van der Waals surface area (Å²) in [4.78, 5) is 10.1. The molecule has 29 heavy (non-hydrogen) atoms. The summed E-state index contributed by atoms with van der Waals surface area (Å²) < 4.78 is 37.8. The summed E-state index contributed by atoms with van der Waals surface area (Å²) in [6.07, 6.45) is -3.04. The van der Waals surface area contributed by atoms with E-state index in [4.69, 9.17) is 11.6 Å². The Morgan fingerprint density at radius 3 is 2.86 bits per heavy atom. The summed E-state index contributed by atoms with van der Waals surface area (Å²) in [5.41, 5.74) is 0.256. The number of hydrogen-bond donors (Lipinski definition) is 2. The van der Waals surface area contributed by atoms with Crippen molar-refractivity contribution in [2.24, 2.45) is 4.99 Å². The highest BCUT2D eigenvalue weighted by atomic mass is 127. The molecule has 0 amide bonds. The van der Waals surface area contributed by atoms with E-state index in [0.717, 1.165) is 41.9 Å². The van der Waals surface area contributed by atoms with Crippen molar-refractivity contribution >= 4 is 58.6 Å². The molecule has 1 aromatic heterocycles. The molecule has 5 nitrogen and oxygen atoms in total. The number of halogens is 5. The lowest BCUT2D eigenvalue weighted by molar-refractivity contribution is -0.140. The second-order valence-corrected chi connectivity index (χ2v) is 7.81. The maximum absolute atomic E-state index is 12.6. The third-order valence-electron chi connectivity index (χ3n) is 4.40. The van der Waals surface area contributed by atoms with Gasteiger partial charge in [-0.05, 0) is 24.6 Å². The molecular weight excluding hydrogens is 538 g/mol. The van der Waals surface area contributed by atoms with Crippen LogP contribution in [0.15, 0.2) is 34.6 Å². The molecule has 3 rings (SSSR count). The third-order valence-corrected chi connectivity index (χ3v) is 5.54. The second-order valence-electron chi connectivity index (χ2n) is 6.43. The number of hydrogen-bond acceptors (Lipinski definition) is 4. The standard InChI is InChI=1S/C18H21ClF3N5S.HI/c1-23-17(24-7-5-16-26-15(11-28-16)18(20,21)22)25-13-6-8-27(10-13)14-4-2-3-12(19)9-14;/h2-4,9,11,13H,5-8,10H2,1H3,(H2,23,24,25);1H. The molecule has 0 bridgehead atoms. The van der Waals surface area contributed by atoms with Crippen LogP contribution in [0.1, 0.15) is 17.1 Å². The predicted molar refractivity (Wildman–Crippen MR) is 123 cm³/mol. The Balaban J connectivity index is 0.00000300. The molecule has 0 radical (unpaired) electrons. The van der Waals surface area contributed by atoms with E-state index in [1.165, 1.54) is 0 Å². The molecule has 1 aliphatic rings. The van der Waals surface area contributed by atoms with Gasteiger partial charge in [-0.1, -0.05) is 17.7 Å². The molecule has 1 unspecified atom stereocenters. The minimum absolute atomic E-state index is 0. The fraction of sp³-hybridized carbons (Fsp3) is 0.444. The van der Waals surface area contributed by atoms with E-state index < -0.39 is 11.9 Å². The average molecular weight is 560 g/mol. The highest BCUT2D eigenvalue weighted by molar-refractivity contribution is 14.0. The molecule has 1 atom stereocenters. The molecule has 0 spiro atoms. The lowest BCUT2D eigenvalue weighted by Crippen LogP contribution is -2.45. The first-order valence-corrected chi connectivity index (χ1v) is 10.1. The van der Waals surface area contributed by atoms with Gasteiger partial charge in [0.2, 0.25) is 0 Å². The predicted octanol–water partition coefficient (Wildman–Crippen LogP) is 4.42. The van der Waals surface area contributed by atoms with Gasteiger partial charge in [0.25, 0.3) is 0 Å².